The maximum absolute atomic E-state index is 10.7. The zero-order valence-electron chi connectivity index (χ0n) is 5.98. The number of hydrogen-bond acceptors (Lipinski definition) is 2. The van der Waals surface area contributed by atoms with Gasteiger partial charge in [-0.05, 0) is 19.9 Å². The maximum Gasteiger partial charge on any atom is 0.357 e. The first-order chi connectivity index (χ1) is 4.72. The van der Waals surface area contributed by atoms with Crippen molar-refractivity contribution in [3.8, 4) is 0 Å². The van der Waals surface area contributed by atoms with Crippen LogP contribution in [-0.4, -0.2) is 12.6 Å². The minimum absolute atomic E-state index is 0.00986. The van der Waals surface area contributed by atoms with Gasteiger partial charge in [-0.15, -0.1) is 0 Å². The largest absolute Gasteiger partial charge is 0.461 e. The first-order valence-electron chi connectivity index (χ1n) is 2.96. The lowest BCUT2D eigenvalue weighted by molar-refractivity contribution is -0.137. The van der Waals surface area contributed by atoms with E-state index in [1.807, 2.05) is 0 Å². The van der Waals surface area contributed by atoms with Gasteiger partial charge >= 0.3 is 5.97 Å². The predicted molar refractivity (Wildman–Crippen MR) is 39.8 cm³/mol. The molecule has 0 bridgehead atoms. The van der Waals surface area contributed by atoms with Crippen molar-refractivity contribution >= 4 is 17.6 Å². The van der Waals surface area contributed by atoms with E-state index in [4.69, 9.17) is 11.6 Å². The summed E-state index contributed by atoms with van der Waals surface area (Å²) in [6.45, 7) is 3.78. The molecule has 0 saturated heterocycles. The van der Waals surface area contributed by atoms with Gasteiger partial charge in [-0.1, -0.05) is 17.3 Å². The Hall–Kier alpha value is -0.720. The van der Waals surface area contributed by atoms with E-state index in [1.165, 1.54) is 0 Å². The molecule has 0 aliphatic rings. The van der Waals surface area contributed by atoms with E-state index in [-0.39, 0.29) is 5.03 Å². The number of hydrogen-bond donors (Lipinski definition) is 0. The van der Waals surface area contributed by atoms with Gasteiger partial charge in [0.1, 0.15) is 0 Å². The molecule has 0 atom stereocenters. The van der Waals surface area contributed by atoms with E-state index in [0.29, 0.717) is 6.61 Å². The molecule has 0 saturated carbocycles. The molecule has 56 valence electrons. The summed E-state index contributed by atoms with van der Waals surface area (Å²) in [5.74, 6) is -0.526. The van der Waals surface area contributed by atoms with Crippen molar-refractivity contribution in [3.63, 3.8) is 0 Å². The third-order valence-electron chi connectivity index (χ3n) is 0.726. The molecule has 0 N–H and O–H groups in total. The molecule has 0 aromatic rings. The Kier molecular flexibility index (Phi) is 4.73. The van der Waals surface area contributed by atoms with Crippen LogP contribution in [0.2, 0.25) is 0 Å². The fraction of sp³-hybridized carbons (Fsp3) is 0.429. The highest BCUT2D eigenvalue weighted by Gasteiger charge is 2.03. The highest BCUT2D eigenvalue weighted by molar-refractivity contribution is 6.41. The van der Waals surface area contributed by atoms with Gasteiger partial charge in [0.25, 0.3) is 0 Å². The summed E-state index contributed by atoms with van der Waals surface area (Å²) in [6.07, 6.45) is 1.55. The summed E-state index contributed by atoms with van der Waals surface area (Å²) >= 11 is 5.41. The van der Waals surface area contributed by atoms with Gasteiger partial charge in [-0.3, -0.25) is 0 Å². The summed E-state index contributed by atoms with van der Waals surface area (Å²) in [4.78, 5) is 10.7. The molecule has 0 aliphatic heterocycles. The van der Waals surface area contributed by atoms with Crippen molar-refractivity contribution < 1.29 is 9.53 Å². The monoisotopic (exact) mass is 160 g/mol. The molecule has 10 heavy (non-hydrogen) atoms. The first kappa shape index (κ1) is 9.28. The normalized spacial score (nSPS) is 7.90. The van der Waals surface area contributed by atoms with Crippen molar-refractivity contribution in [2.45, 2.75) is 13.8 Å². The van der Waals surface area contributed by atoms with Crippen molar-refractivity contribution in [1.29, 1.82) is 0 Å². The quantitative estimate of drug-likeness (QED) is 0.350. The van der Waals surface area contributed by atoms with Gasteiger partial charge in [-0.2, -0.15) is 0 Å². The number of esters is 1. The number of rotatable bonds is 2. The standard InChI is InChI=1S/C7H9ClO2/c1-3-5-6(8)7(9)10-4-2/h3H,4H2,1-2H3. The van der Waals surface area contributed by atoms with Crippen LogP contribution in [0.25, 0.3) is 0 Å². The molecule has 0 aromatic carbocycles. The van der Waals surface area contributed by atoms with E-state index >= 15 is 0 Å². The second-order valence-corrected chi connectivity index (χ2v) is 1.85. The Morgan fingerprint density at radius 2 is 2.40 bits per heavy atom. The van der Waals surface area contributed by atoms with Crippen LogP contribution < -0.4 is 0 Å². The molecule has 0 heterocycles. The molecule has 0 radical (unpaired) electrons. The van der Waals surface area contributed by atoms with E-state index in [0.717, 1.165) is 0 Å². The number of halogens is 1. The van der Waals surface area contributed by atoms with Crippen LogP contribution in [0, 0.1) is 0 Å². The molecule has 0 amide bonds. The van der Waals surface area contributed by atoms with E-state index in [2.05, 4.69) is 10.5 Å². The average Bonchev–Trinajstić information content (AvgIpc) is 1.89. The minimum Gasteiger partial charge on any atom is -0.461 e. The summed E-state index contributed by atoms with van der Waals surface area (Å²) in [5, 5.41) is -0.00986. The molecule has 0 spiro atoms. The van der Waals surface area contributed by atoms with E-state index in [1.54, 1.807) is 19.9 Å². The first-order valence-corrected chi connectivity index (χ1v) is 3.34. The highest BCUT2D eigenvalue weighted by Crippen LogP contribution is 2.00. The Labute approximate surface area is 65.1 Å². The summed E-state index contributed by atoms with van der Waals surface area (Å²) in [6, 6.07) is 0. The summed E-state index contributed by atoms with van der Waals surface area (Å²) in [5.41, 5.74) is 2.51. The smallest absolute Gasteiger partial charge is 0.357 e. The maximum atomic E-state index is 10.7. The van der Waals surface area contributed by atoms with Crippen LogP contribution in [-0.2, 0) is 9.53 Å². The third-order valence-corrected chi connectivity index (χ3v) is 0.989. The van der Waals surface area contributed by atoms with Crippen LogP contribution in [0.15, 0.2) is 16.8 Å². The Morgan fingerprint density at radius 3 is 2.80 bits per heavy atom. The van der Waals surface area contributed by atoms with Crippen molar-refractivity contribution in [3.05, 3.63) is 16.8 Å². The summed E-state index contributed by atoms with van der Waals surface area (Å²) in [7, 11) is 0. The van der Waals surface area contributed by atoms with Crippen molar-refractivity contribution in [2.75, 3.05) is 6.61 Å². The second-order valence-electron chi connectivity index (χ2n) is 1.47. The Balaban J connectivity index is 4.08. The number of ether oxygens (including phenoxy) is 1. The Bertz CT molecular complexity index is 178. The van der Waals surface area contributed by atoms with E-state index < -0.39 is 5.97 Å². The lowest BCUT2D eigenvalue weighted by Gasteiger charge is -1.95. The molecule has 0 unspecified atom stereocenters. The third kappa shape index (κ3) is 3.33. The molecule has 2 nitrogen and oxygen atoms in total. The summed E-state index contributed by atoms with van der Waals surface area (Å²) < 4.78 is 4.57. The molecular weight excluding hydrogens is 152 g/mol. The van der Waals surface area contributed by atoms with Gasteiger partial charge in [0, 0.05) is 0 Å². The Morgan fingerprint density at radius 1 is 1.80 bits per heavy atom. The molecule has 0 rings (SSSR count). The topological polar surface area (TPSA) is 26.3 Å². The van der Waals surface area contributed by atoms with Crippen molar-refractivity contribution in [1.82, 2.24) is 0 Å². The van der Waals surface area contributed by atoms with Crippen LogP contribution in [0.3, 0.4) is 0 Å². The number of carbonyl (C=O) groups excluding carboxylic acids is 1. The highest BCUT2D eigenvalue weighted by atomic mass is 35.5. The second kappa shape index (κ2) is 5.10. The van der Waals surface area contributed by atoms with Gasteiger partial charge in [0.15, 0.2) is 5.03 Å². The zero-order chi connectivity index (χ0) is 7.98. The van der Waals surface area contributed by atoms with Crippen LogP contribution >= 0.6 is 11.6 Å². The van der Waals surface area contributed by atoms with E-state index in [9.17, 15) is 4.79 Å². The SMILES string of the molecule is CC=C=C(Cl)C(=O)OCC. The fourth-order valence-electron chi connectivity index (χ4n) is 0.380. The van der Waals surface area contributed by atoms with Gasteiger partial charge < -0.3 is 4.74 Å². The van der Waals surface area contributed by atoms with Crippen LogP contribution in [0.1, 0.15) is 13.8 Å². The zero-order valence-corrected chi connectivity index (χ0v) is 6.73. The number of carbonyl (C=O) groups is 1. The van der Waals surface area contributed by atoms with Gasteiger partial charge in [-0.25, -0.2) is 4.79 Å². The molecule has 0 aromatic heterocycles. The predicted octanol–water partition coefficient (Wildman–Crippen LogP) is 1.85. The van der Waals surface area contributed by atoms with Crippen LogP contribution in [0.4, 0.5) is 0 Å². The molecular formula is C7H9ClO2. The molecule has 0 aliphatic carbocycles. The lowest BCUT2D eigenvalue weighted by atomic mass is 10.5. The lowest BCUT2D eigenvalue weighted by Crippen LogP contribution is -2.02. The average molecular weight is 161 g/mol. The molecule has 0 fully saturated rings. The van der Waals surface area contributed by atoms with Gasteiger partial charge in [0.2, 0.25) is 0 Å². The minimum atomic E-state index is -0.526. The van der Waals surface area contributed by atoms with Gasteiger partial charge in [0.05, 0.1) is 6.61 Å². The van der Waals surface area contributed by atoms with Crippen molar-refractivity contribution in [2.24, 2.45) is 0 Å². The van der Waals surface area contributed by atoms with Crippen LogP contribution in [0.5, 0.6) is 0 Å². The fourth-order valence-corrected chi connectivity index (χ4v) is 0.544. The molecule has 3 heteroatoms.